The van der Waals surface area contributed by atoms with Crippen LogP contribution in [-0.2, 0) is 6.54 Å². The van der Waals surface area contributed by atoms with E-state index < -0.39 is 0 Å². The zero-order chi connectivity index (χ0) is 22.3. The molecule has 3 N–H and O–H groups in total. The molecule has 3 aromatic rings. The highest BCUT2D eigenvalue weighted by Gasteiger charge is 2.18. The van der Waals surface area contributed by atoms with Crippen molar-refractivity contribution in [3.63, 3.8) is 0 Å². The van der Waals surface area contributed by atoms with E-state index >= 15 is 0 Å². The zero-order valence-electron chi connectivity index (χ0n) is 17.6. The molecule has 166 valence electrons. The summed E-state index contributed by atoms with van der Waals surface area (Å²) in [6.07, 6.45) is 3.30. The second-order valence-electron chi connectivity index (χ2n) is 7.39. The molecule has 1 aliphatic rings. The molecule has 0 aliphatic carbocycles. The van der Waals surface area contributed by atoms with Crippen LogP contribution < -0.4 is 25.4 Å². The summed E-state index contributed by atoms with van der Waals surface area (Å²) in [4.78, 5) is 21.4. The number of pyridine rings is 2. The number of carbonyl (C=O) groups is 1. The Bertz CT molecular complexity index is 1090. The molecule has 1 saturated heterocycles. The number of nitrogens with zero attached hydrogens (tertiary/aromatic N) is 2. The van der Waals surface area contributed by atoms with E-state index in [0.717, 1.165) is 18.7 Å². The van der Waals surface area contributed by atoms with Gasteiger partial charge in [-0.1, -0.05) is 11.6 Å². The Hall–Kier alpha value is -3.36. The number of aromatic nitrogens is 2. The number of rotatable bonds is 9. The molecule has 8 nitrogen and oxygen atoms in total. The van der Waals surface area contributed by atoms with Gasteiger partial charge in [0.2, 0.25) is 5.88 Å². The fourth-order valence-corrected chi connectivity index (χ4v) is 3.32. The molecule has 1 aliphatic heterocycles. The average Bonchev–Trinajstić information content (AvgIpc) is 2.79. The van der Waals surface area contributed by atoms with Crippen LogP contribution >= 0.6 is 11.6 Å². The molecule has 32 heavy (non-hydrogen) atoms. The highest BCUT2D eigenvalue weighted by Crippen LogP contribution is 2.29. The van der Waals surface area contributed by atoms with Crippen molar-refractivity contribution in [2.45, 2.75) is 6.54 Å². The van der Waals surface area contributed by atoms with Gasteiger partial charge in [-0.2, -0.15) is 0 Å². The van der Waals surface area contributed by atoms with Gasteiger partial charge in [0, 0.05) is 55.8 Å². The molecular formula is C23H24ClN5O3. The number of methoxy groups -OCH3 is 1. The molecule has 0 unspecified atom stereocenters. The summed E-state index contributed by atoms with van der Waals surface area (Å²) in [6.45, 7) is 2.93. The average molecular weight is 454 g/mol. The van der Waals surface area contributed by atoms with Gasteiger partial charge in [0.15, 0.2) is 0 Å². The summed E-state index contributed by atoms with van der Waals surface area (Å²) in [7, 11) is 1.57. The Balaban J connectivity index is 1.43. The predicted octanol–water partition coefficient (Wildman–Crippen LogP) is 3.60. The van der Waals surface area contributed by atoms with E-state index in [1.807, 2.05) is 12.1 Å². The highest BCUT2D eigenvalue weighted by atomic mass is 35.5. The SMILES string of the molecule is COc1cc(CNc2ncccc2C(=O)Nc2ccc(Cl)c(OCC3CNC3)c2)ccn1. The van der Waals surface area contributed by atoms with E-state index in [-0.39, 0.29) is 5.91 Å². The maximum Gasteiger partial charge on any atom is 0.259 e. The second kappa shape index (κ2) is 10.3. The van der Waals surface area contributed by atoms with E-state index in [1.54, 1.807) is 49.8 Å². The van der Waals surface area contributed by atoms with Crippen molar-refractivity contribution >= 4 is 29.0 Å². The van der Waals surface area contributed by atoms with Gasteiger partial charge in [-0.05, 0) is 35.9 Å². The van der Waals surface area contributed by atoms with E-state index in [9.17, 15) is 4.79 Å². The van der Waals surface area contributed by atoms with Crippen LogP contribution in [0.15, 0.2) is 54.9 Å². The number of anilines is 2. The van der Waals surface area contributed by atoms with Crippen LogP contribution in [0, 0.1) is 5.92 Å². The van der Waals surface area contributed by atoms with Crippen LogP contribution in [0.3, 0.4) is 0 Å². The molecular weight excluding hydrogens is 430 g/mol. The van der Waals surface area contributed by atoms with Crippen LogP contribution in [0.4, 0.5) is 11.5 Å². The third-order valence-corrected chi connectivity index (χ3v) is 5.36. The van der Waals surface area contributed by atoms with Gasteiger partial charge in [-0.15, -0.1) is 0 Å². The monoisotopic (exact) mass is 453 g/mol. The van der Waals surface area contributed by atoms with Gasteiger partial charge in [0.05, 0.1) is 24.3 Å². The van der Waals surface area contributed by atoms with Crippen molar-refractivity contribution < 1.29 is 14.3 Å². The van der Waals surface area contributed by atoms with Crippen molar-refractivity contribution in [3.05, 3.63) is 71.0 Å². The molecule has 0 radical (unpaired) electrons. The normalized spacial score (nSPS) is 13.2. The third kappa shape index (κ3) is 5.46. The first-order chi connectivity index (χ1) is 15.6. The topological polar surface area (TPSA) is 97.4 Å². The lowest BCUT2D eigenvalue weighted by Gasteiger charge is -2.27. The Kier molecular flexibility index (Phi) is 7.03. The predicted molar refractivity (Wildman–Crippen MR) is 124 cm³/mol. The highest BCUT2D eigenvalue weighted by molar-refractivity contribution is 6.32. The number of halogens is 1. The zero-order valence-corrected chi connectivity index (χ0v) is 18.4. The first-order valence-corrected chi connectivity index (χ1v) is 10.6. The van der Waals surface area contributed by atoms with Gasteiger partial charge in [0.25, 0.3) is 5.91 Å². The third-order valence-electron chi connectivity index (χ3n) is 5.05. The Morgan fingerprint density at radius 3 is 2.84 bits per heavy atom. The first-order valence-electron chi connectivity index (χ1n) is 10.2. The van der Waals surface area contributed by atoms with E-state index in [0.29, 0.717) is 52.8 Å². The molecule has 9 heteroatoms. The number of carbonyl (C=O) groups excluding carboxylic acids is 1. The summed E-state index contributed by atoms with van der Waals surface area (Å²) >= 11 is 6.25. The Labute approximate surface area is 191 Å². The van der Waals surface area contributed by atoms with Crippen molar-refractivity contribution in [1.82, 2.24) is 15.3 Å². The second-order valence-corrected chi connectivity index (χ2v) is 7.80. The molecule has 0 bridgehead atoms. The molecule has 3 heterocycles. The minimum absolute atomic E-state index is 0.288. The van der Waals surface area contributed by atoms with Crippen molar-refractivity contribution in [2.24, 2.45) is 5.92 Å². The number of ether oxygens (including phenoxy) is 2. The molecule has 0 atom stereocenters. The number of benzene rings is 1. The minimum Gasteiger partial charge on any atom is -0.492 e. The summed E-state index contributed by atoms with van der Waals surface area (Å²) in [5.41, 5.74) is 1.97. The maximum absolute atomic E-state index is 13.0. The van der Waals surface area contributed by atoms with Gasteiger partial charge >= 0.3 is 0 Å². The smallest absolute Gasteiger partial charge is 0.259 e. The van der Waals surface area contributed by atoms with E-state index in [2.05, 4.69) is 25.9 Å². The van der Waals surface area contributed by atoms with Crippen molar-refractivity contribution in [1.29, 1.82) is 0 Å². The van der Waals surface area contributed by atoms with Crippen molar-refractivity contribution in [3.8, 4) is 11.6 Å². The fraction of sp³-hybridized carbons (Fsp3) is 0.261. The molecule has 1 aromatic carbocycles. The summed E-state index contributed by atoms with van der Waals surface area (Å²) in [5.74, 6) is 1.74. The number of hydrogen-bond donors (Lipinski definition) is 3. The van der Waals surface area contributed by atoms with Crippen LogP contribution in [0.25, 0.3) is 0 Å². The Morgan fingerprint density at radius 2 is 2.06 bits per heavy atom. The lowest BCUT2D eigenvalue weighted by Crippen LogP contribution is -2.45. The largest absolute Gasteiger partial charge is 0.492 e. The van der Waals surface area contributed by atoms with Gasteiger partial charge < -0.3 is 25.4 Å². The molecule has 2 aromatic heterocycles. The maximum atomic E-state index is 13.0. The summed E-state index contributed by atoms with van der Waals surface area (Å²) < 4.78 is 11.0. The van der Waals surface area contributed by atoms with Crippen LogP contribution in [-0.4, -0.2) is 42.7 Å². The first kappa shape index (κ1) is 21.9. The minimum atomic E-state index is -0.288. The molecule has 0 spiro atoms. The molecule has 0 saturated carbocycles. The molecule has 1 fully saturated rings. The quantitative estimate of drug-likeness (QED) is 0.455. The standard InChI is InChI=1S/C23H24ClN5O3/c1-31-21-9-15(6-8-26-21)13-28-22-18(3-2-7-27-22)23(30)29-17-4-5-19(24)20(10-17)32-14-16-11-25-12-16/h2-10,16,25H,11-14H2,1H3,(H,27,28)(H,29,30). The van der Waals surface area contributed by atoms with Crippen molar-refractivity contribution in [2.75, 3.05) is 37.4 Å². The number of hydrogen-bond acceptors (Lipinski definition) is 7. The lowest BCUT2D eigenvalue weighted by molar-refractivity contribution is 0.102. The lowest BCUT2D eigenvalue weighted by atomic mass is 10.1. The van der Waals surface area contributed by atoms with Crippen LogP contribution in [0.2, 0.25) is 5.02 Å². The van der Waals surface area contributed by atoms with Crippen LogP contribution in [0.5, 0.6) is 11.6 Å². The fourth-order valence-electron chi connectivity index (χ4n) is 3.15. The van der Waals surface area contributed by atoms with E-state index in [4.69, 9.17) is 21.1 Å². The molecule has 1 amide bonds. The summed E-state index contributed by atoms with van der Waals surface area (Å²) in [6, 6.07) is 12.3. The van der Waals surface area contributed by atoms with Gasteiger partial charge in [-0.25, -0.2) is 9.97 Å². The van der Waals surface area contributed by atoms with Crippen LogP contribution in [0.1, 0.15) is 15.9 Å². The van der Waals surface area contributed by atoms with Gasteiger partial charge in [-0.3, -0.25) is 4.79 Å². The van der Waals surface area contributed by atoms with Gasteiger partial charge in [0.1, 0.15) is 11.6 Å². The summed E-state index contributed by atoms with van der Waals surface area (Å²) in [5, 5.41) is 9.82. The Morgan fingerprint density at radius 1 is 1.19 bits per heavy atom. The number of nitrogens with one attached hydrogen (secondary N) is 3. The number of amides is 1. The molecule has 4 rings (SSSR count). The van der Waals surface area contributed by atoms with E-state index in [1.165, 1.54) is 0 Å².